The molecule has 7 nitrogen and oxygen atoms in total. The van der Waals surface area contributed by atoms with Crippen molar-refractivity contribution in [1.29, 1.82) is 0 Å². The number of benzene rings is 1. The molecule has 152 valence electrons. The van der Waals surface area contributed by atoms with Gasteiger partial charge >= 0.3 is 6.09 Å². The standard InChI is InChI=1S/C21H22FN3O4/c1-21(2,3)29-20(26)25-17-5-4-13(18-12-27-6-7-28-18)9-16(17)23-10-14-8-15(22)11-24-19(14)25/h4-5,8-9,11-12,23H,6-7,10H2,1-3H3. The molecule has 0 spiro atoms. The minimum absolute atomic E-state index is 0.298. The third-order valence-electron chi connectivity index (χ3n) is 4.34. The Balaban J connectivity index is 1.80. The Labute approximate surface area is 168 Å². The van der Waals surface area contributed by atoms with Crippen LogP contribution in [0.3, 0.4) is 0 Å². The Morgan fingerprint density at radius 1 is 1.28 bits per heavy atom. The number of fused-ring (bicyclic) bond motifs is 2. The van der Waals surface area contributed by atoms with Crippen LogP contribution in [0.5, 0.6) is 0 Å². The van der Waals surface area contributed by atoms with E-state index >= 15 is 0 Å². The summed E-state index contributed by atoms with van der Waals surface area (Å²) < 4.78 is 30.4. The number of pyridine rings is 1. The maximum atomic E-state index is 13.8. The van der Waals surface area contributed by atoms with Gasteiger partial charge in [-0.1, -0.05) is 0 Å². The van der Waals surface area contributed by atoms with Crippen LogP contribution in [0.15, 0.2) is 36.7 Å². The molecular formula is C21H22FN3O4. The van der Waals surface area contributed by atoms with E-state index in [0.717, 1.165) is 11.8 Å². The van der Waals surface area contributed by atoms with E-state index in [-0.39, 0.29) is 0 Å². The topological polar surface area (TPSA) is 72.9 Å². The Hall–Kier alpha value is -3.29. The first-order valence-electron chi connectivity index (χ1n) is 9.32. The molecule has 8 heteroatoms. The Bertz CT molecular complexity index is 984. The number of carbonyl (C=O) groups excluding carboxylic acids is 1. The third-order valence-corrected chi connectivity index (χ3v) is 4.34. The summed E-state index contributed by atoms with van der Waals surface area (Å²) in [5, 5.41) is 3.26. The van der Waals surface area contributed by atoms with E-state index in [0.29, 0.717) is 48.3 Å². The fourth-order valence-corrected chi connectivity index (χ4v) is 3.15. The summed E-state index contributed by atoms with van der Waals surface area (Å²) in [4.78, 5) is 18.6. The molecule has 0 saturated carbocycles. The summed E-state index contributed by atoms with van der Waals surface area (Å²) in [6.07, 6.45) is 2.07. The fraction of sp³-hybridized carbons (Fsp3) is 0.333. The number of amides is 1. The van der Waals surface area contributed by atoms with Crippen molar-refractivity contribution in [3.8, 4) is 0 Å². The number of nitrogens with one attached hydrogen (secondary N) is 1. The van der Waals surface area contributed by atoms with Crippen molar-refractivity contribution in [1.82, 2.24) is 4.98 Å². The van der Waals surface area contributed by atoms with E-state index < -0.39 is 17.5 Å². The lowest BCUT2D eigenvalue weighted by Gasteiger charge is -2.27. The number of hydrogen-bond donors (Lipinski definition) is 1. The third kappa shape index (κ3) is 3.96. The number of hydrogen-bond acceptors (Lipinski definition) is 6. The number of halogens is 1. The summed E-state index contributed by atoms with van der Waals surface area (Å²) in [5.41, 5.74) is 1.87. The van der Waals surface area contributed by atoms with Crippen LogP contribution in [-0.4, -0.2) is 29.9 Å². The smallest absolute Gasteiger partial charge is 0.420 e. The van der Waals surface area contributed by atoms with Crippen LogP contribution in [-0.2, 0) is 20.8 Å². The Morgan fingerprint density at radius 3 is 2.83 bits per heavy atom. The second kappa shape index (κ2) is 7.27. The summed E-state index contributed by atoms with van der Waals surface area (Å²) in [5.74, 6) is 0.464. The fourth-order valence-electron chi connectivity index (χ4n) is 3.15. The minimum Gasteiger partial charge on any atom is -0.494 e. The maximum Gasteiger partial charge on any atom is 0.420 e. The lowest BCUT2D eigenvalue weighted by Crippen LogP contribution is -2.34. The molecule has 0 radical (unpaired) electrons. The second-order valence-electron chi connectivity index (χ2n) is 7.74. The zero-order valence-corrected chi connectivity index (χ0v) is 16.5. The molecule has 0 aliphatic carbocycles. The zero-order chi connectivity index (χ0) is 20.6. The molecule has 4 rings (SSSR count). The Kier molecular flexibility index (Phi) is 4.77. The molecule has 29 heavy (non-hydrogen) atoms. The highest BCUT2D eigenvalue weighted by molar-refractivity contribution is 6.00. The Morgan fingerprint density at radius 2 is 2.10 bits per heavy atom. The van der Waals surface area contributed by atoms with E-state index in [4.69, 9.17) is 14.2 Å². The van der Waals surface area contributed by atoms with Crippen LogP contribution in [0.2, 0.25) is 0 Å². The van der Waals surface area contributed by atoms with Gasteiger partial charge in [0.05, 0.1) is 17.6 Å². The van der Waals surface area contributed by atoms with Gasteiger partial charge in [-0.15, -0.1) is 0 Å². The van der Waals surface area contributed by atoms with Gasteiger partial charge in [0.2, 0.25) is 0 Å². The van der Waals surface area contributed by atoms with E-state index in [1.165, 1.54) is 11.0 Å². The van der Waals surface area contributed by atoms with Gasteiger partial charge in [0.15, 0.2) is 5.76 Å². The van der Waals surface area contributed by atoms with Crippen molar-refractivity contribution in [2.45, 2.75) is 32.9 Å². The van der Waals surface area contributed by atoms with Crippen molar-refractivity contribution < 1.29 is 23.4 Å². The zero-order valence-electron chi connectivity index (χ0n) is 16.5. The lowest BCUT2D eigenvalue weighted by molar-refractivity contribution is 0.0598. The molecule has 1 aromatic heterocycles. The molecule has 1 aromatic carbocycles. The van der Waals surface area contributed by atoms with Crippen LogP contribution in [0.4, 0.5) is 26.4 Å². The number of anilines is 3. The first-order chi connectivity index (χ1) is 13.8. The molecule has 2 aliphatic heterocycles. The molecule has 1 N–H and O–H groups in total. The van der Waals surface area contributed by atoms with Gasteiger partial charge in [-0.25, -0.2) is 19.1 Å². The quantitative estimate of drug-likeness (QED) is 0.758. The number of ether oxygens (including phenoxy) is 3. The minimum atomic E-state index is -0.699. The van der Waals surface area contributed by atoms with E-state index in [9.17, 15) is 9.18 Å². The van der Waals surface area contributed by atoms with Crippen molar-refractivity contribution in [2.75, 3.05) is 23.4 Å². The van der Waals surface area contributed by atoms with Gasteiger partial charge in [0.25, 0.3) is 0 Å². The van der Waals surface area contributed by atoms with Crippen LogP contribution < -0.4 is 10.2 Å². The van der Waals surface area contributed by atoms with E-state index in [2.05, 4.69) is 10.3 Å². The molecule has 0 unspecified atom stereocenters. The summed E-state index contributed by atoms with van der Waals surface area (Å²) >= 11 is 0. The number of aromatic nitrogens is 1. The number of nitrogens with zero attached hydrogens (tertiary/aromatic N) is 2. The van der Waals surface area contributed by atoms with Gasteiger partial charge in [0.1, 0.15) is 36.7 Å². The van der Waals surface area contributed by atoms with Crippen LogP contribution >= 0.6 is 0 Å². The first-order valence-corrected chi connectivity index (χ1v) is 9.32. The predicted octanol–water partition coefficient (Wildman–Crippen LogP) is 4.56. The van der Waals surface area contributed by atoms with Crippen LogP contribution in [0.1, 0.15) is 31.9 Å². The molecule has 2 aromatic rings. The van der Waals surface area contributed by atoms with Crippen molar-refractivity contribution in [3.05, 3.63) is 53.7 Å². The monoisotopic (exact) mass is 399 g/mol. The molecular weight excluding hydrogens is 377 g/mol. The van der Waals surface area contributed by atoms with Gasteiger partial charge in [-0.3, -0.25) is 0 Å². The summed E-state index contributed by atoms with van der Waals surface area (Å²) in [6, 6.07) is 6.82. The lowest BCUT2D eigenvalue weighted by atomic mass is 10.1. The van der Waals surface area contributed by atoms with Crippen LogP contribution in [0.25, 0.3) is 5.76 Å². The molecule has 0 atom stereocenters. The molecule has 3 heterocycles. The first kappa shape index (κ1) is 19.0. The van der Waals surface area contributed by atoms with E-state index in [1.54, 1.807) is 33.1 Å². The molecule has 0 saturated heterocycles. The van der Waals surface area contributed by atoms with Crippen molar-refractivity contribution >= 4 is 29.0 Å². The van der Waals surface area contributed by atoms with Gasteiger partial charge < -0.3 is 19.5 Å². The molecule has 0 fully saturated rings. The SMILES string of the molecule is CC(C)(C)OC(=O)N1c2ccc(C3=COCCO3)cc2NCc2cc(F)cnc21. The van der Waals surface area contributed by atoms with Crippen molar-refractivity contribution in [3.63, 3.8) is 0 Å². The average Bonchev–Trinajstić information content (AvgIpc) is 2.83. The molecule has 2 aliphatic rings. The predicted molar refractivity (Wildman–Crippen MR) is 106 cm³/mol. The summed E-state index contributed by atoms with van der Waals surface area (Å²) in [7, 11) is 0. The molecule has 0 bridgehead atoms. The van der Waals surface area contributed by atoms with Crippen molar-refractivity contribution in [2.24, 2.45) is 0 Å². The highest BCUT2D eigenvalue weighted by atomic mass is 19.1. The van der Waals surface area contributed by atoms with Gasteiger partial charge in [0, 0.05) is 17.7 Å². The second-order valence-corrected chi connectivity index (χ2v) is 7.74. The molecule has 1 amide bonds. The summed E-state index contributed by atoms with van der Waals surface area (Å²) in [6.45, 7) is 6.64. The number of rotatable bonds is 1. The van der Waals surface area contributed by atoms with Gasteiger partial charge in [-0.05, 0) is 45.0 Å². The van der Waals surface area contributed by atoms with Gasteiger partial charge in [-0.2, -0.15) is 0 Å². The van der Waals surface area contributed by atoms with E-state index in [1.807, 2.05) is 12.1 Å². The normalized spacial score (nSPS) is 15.6. The largest absolute Gasteiger partial charge is 0.494 e. The number of carbonyl (C=O) groups is 1. The average molecular weight is 399 g/mol. The highest BCUT2D eigenvalue weighted by Gasteiger charge is 2.31. The maximum absolute atomic E-state index is 13.8. The highest BCUT2D eigenvalue weighted by Crippen LogP contribution is 2.39. The van der Waals surface area contributed by atoms with Crippen LogP contribution in [0, 0.1) is 5.82 Å².